The lowest BCUT2D eigenvalue weighted by atomic mass is 10.1. The molecular formula is C21H18ClFN4O4. The Balaban J connectivity index is 1.82. The molecule has 0 radical (unpaired) electrons. The molecule has 160 valence electrons. The van der Waals surface area contributed by atoms with Crippen LogP contribution in [0, 0.1) is 5.82 Å². The number of carbonyl (C=O) groups is 3. The number of nitrogens with zero attached hydrogens (tertiary/aromatic N) is 2. The highest BCUT2D eigenvalue weighted by atomic mass is 35.5. The van der Waals surface area contributed by atoms with Crippen LogP contribution in [-0.2, 0) is 0 Å². The van der Waals surface area contributed by atoms with Crippen molar-refractivity contribution < 1.29 is 23.2 Å². The summed E-state index contributed by atoms with van der Waals surface area (Å²) in [6.07, 6.45) is 0.977. The third-order valence-electron chi connectivity index (χ3n) is 4.31. The lowest BCUT2D eigenvalue weighted by Crippen LogP contribution is -2.38. The molecule has 3 amide bonds. The fourth-order valence-corrected chi connectivity index (χ4v) is 3.17. The number of hydrogen-bond donors (Lipinski definition) is 2. The number of amides is 3. The molecular weight excluding hydrogens is 427 g/mol. The molecule has 3 N–H and O–H groups in total. The first-order valence-electron chi connectivity index (χ1n) is 9.12. The van der Waals surface area contributed by atoms with Gasteiger partial charge in [0.15, 0.2) is 12.1 Å². The smallest absolute Gasteiger partial charge is 0.287 e. The molecule has 0 saturated carbocycles. The van der Waals surface area contributed by atoms with Gasteiger partial charge in [-0.25, -0.2) is 9.37 Å². The van der Waals surface area contributed by atoms with Crippen molar-refractivity contribution in [2.75, 3.05) is 10.2 Å². The molecule has 1 aromatic heterocycles. The van der Waals surface area contributed by atoms with Gasteiger partial charge in [-0.15, -0.1) is 0 Å². The molecule has 0 saturated heterocycles. The van der Waals surface area contributed by atoms with Crippen LogP contribution < -0.4 is 16.0 Å². The number of oxazole rings is 1. The lowest BCUT2D eigenvalue weighted by molar-refractivity contribution is 0.0937. The van der Waals surface area contributed by atoms with Crippen LogP contribution in [0.3, 0.4) is 0 Å². The minimum absolute atomic E-state index is 0.0106. The van der Waals surface area contributed by atoms with E-state index in [-0.39, 0.29) is 28.1 Å². The number of primary amides is 1. The summed E-state index contributed by atoms with van der Waals surface area (Å²) < 4.78 is 18.1. The van der Waals surface area contributed by atoms with E-state index in [2.05, 4.69) is 10.3 Å². The van der Waals surface area contributed by atoms with Gasteiger partial charge in [0.1, 0.15) is 5.82 Å². The molecule has 10 heteroatoms. The van der Waals surface area contributed by atoms with Crippen molar-refractivity contribution in [3.05, 3.63) is 76.7 Å². The van der Waals surface area contributed by atoms with Crippen molar-refractivity contribution in [3.8, 4) is 0 Å². The molecule has 0 unspecified atom stereocenters. The molecule has 31 heavy (non-hydrogen) atoms. The number of hydrogen-bond acceptors (Lipinski definition) is 5. The van der Waals surface area contributed by atoms with Crippen LogP contribution >= 0.6 is 11.6 Å². The molecule has 2 aromatic carbocycles. The molecule has 0 bridgehead atoms. The highest BCUT2D eigenvalue weighted by Gasteiger charge is 2.28. The Labute approximate surface area is 181 Å². The average Bonchev–Trinajstić information content (AvgIpc) is 3.19. The number of anilines is 2. The number of nitrogens with one attached hydrogen (secondary N) is 1. The lowest BCUT2D eigenvalue weighted by Gasteiger charge is -2.26. The van der Waals surface area contributed by atoms with Crippen LogP contribution in [0.2, 0.25) is 5.02 Å². The van der Waals surface area contributed by atoms with Gasteiger partial charge in [0, 0.05) is 17.4 Å². The first-order valence-corrected chi connectivity index (χ1v) is 9.50. The summed E-state index contributed by atoms with van der Waals surface area (Å²) >= 11 is 5.92. The average molecular weight is 445 g/mol. The highest BCUT2D eigenvalue weighted by Crippen LogP contribution is 2.24. The maximum absolute atomic E-state index is 13.2. The van der Waals surface area contributed by atoms with Crippen LogP contribution in [0.5, 0.6) is 0 Å². The van der Waals surface area contributed by atoms with Gasteiger partial charge in [-0.2, -0.15) is 0 Å². The van der Waals surface area contributed by atoms with Gasteiger partial charge in [0.2, 0.25) is 5.76 Å². The van der Waals surface area contributed by atoms with Crippen LogP contribution in [-0.4, -0.2) is 28.7 Å². The van der Waals surface area contributed by atoms with E-state index < -0.39 is 23.5 Å². The number of halogens is 2. The summed E-state index contributed by atoms with van der Waals surface area (Å²) in [4.78, 5) is 42.1. The normalized spacial score (nSPS) is 10.7. The Morgan fingerprint density at radius 3 is 2.42 bits per heavy atom. The Kier molecular flexibility index (Phi) is 6.36. The van der Waals surface area contributed by atoms with Crippen molar-refractivity contribution in [1.29, 1.82) is 0 Å². The minimum Gasteiger partial charge on any atom is -0.437 e. The first kappa shape index (κ1) is 22.0. The summed E-state index contributed by atoms with van der Waals surface area (Å²) in [5, 5.41) is 2.65. The van der Waals surface area contributed by atoms with Gasteiger partial charge in [-0.05, 0) is 56.3 Å². The fraction of sp³-hybridized carbons (Fsp3) is 0.143. The topological polar surface area (TPSA) is 119 Å². The van der Waals surface area contributed by atoms with E-state index in [9.17, 15) is 18.8 Å². The van der Waals surface area contributed by atoms with Crippen LogP contribution in [0.4, 0.5) is 15.8 Å². The van der Waals surface area contributed by atoms with Crippen molar-refractivity contribution in [3.63, 3.8) is 0 Å². The predicted molar refractivity (Wildman–Crippen MR) is 113 cm³/mol. The van der Waals surface area contributed by atoms with Gasteiger partial charge in [0.25, 0.3) is 17.7 Å². The SMILES string of the molecule is CC(C)N(C(=O)c1ncoc1C(N)=O)c1ccc(NC(=O)c2ccc(F)cc2Cl)cc1. The Hall–Kier alpha value is -3.72. The summed E-state index contributed by atoms with van der Waals surface area (Å²) in [5.74, 6) is -2.84. The van der Waals surface area contributed by atoms with Gasteiger partial charge < -0.3 is 20.4 Å². The highest BCUT2D eigenvalue weighted by molar-refractivity contribution is 6.34. The molecule has 0 aliphatic carbocycles. The Morgan fingerprint density at radius 2 is 1.84 bits per heavy atom. The van der Waals surface area contributed by atoms with Crippen molar-refractivity contribution >= 4 is 40.7 Å². The monoisotopic (exact) mass is 444 g/mol. The second-order valence-electron chi connectivity index (χ2n) is 6.79. The zero-order valence-electron chi connectivity index (χ0n) is 16.6. The van der Waals surface area contributed by atoms with Crippen LogP contribution in [0.15, 0.2) is 53.3 Å². The van der Waals surface area contributed by atoms with Crippen LogP contribution in [0.25, 0.3) is 0 Å². The molecule has 8 nitrogen and oxygen atoms in total. The minimum atomic E-state index is -0.901. The third-order valence-corrected chi connectivity index (χ3v) is 4.62. The van der Waals surface area contributed by atoms with E-state index in [4.69, 9.17) is 21.8 Å². The zero-order valence-corrected chi connectivity index (χ0v) is 17.3. The Bertz CT molecular complexity index is 1140. The molecule has 0 fully saturated rings. The number of rotatable bonds is 6. The standard InChI is InChI=1S/C21H18ClFN4O4/c1-11(2)27(21(30)17-18(19(24)28)31-10-25-17)14-6-4-13(5-7-14)26-20(29)15-8-3-12(23)9-16(15)22/h3-11H,1-2H3,(H2,24,28)(H,26,29). The van der Waals surface area contributed by atoms with E-state index in [1.165, 1.54) is 11.0 Å². The molecule has 3 rings (SSSR count). The number of benzene rings is 2. The molecule has 0 aliphatic rings. The van der Waals surface area contributed by atoms with Gasteiger partial charge >= 0.3 is 0 Å². The van der Waals surface area contributed by atoms with Crippen molar-refractivity contribution in [2.24, 2.45) is 5.73 Å². The van der Waals surface area contributed by atoms with E-state index in [1.807, 2.05) is 0 Å². The predicted octanol–water partition coefficient (Wildman–Crippen LogP) is 3.87. The molecule has 0 atom stereocenters. The first-order chi connectivity index (χ1) is 14.7. The maximum atomic E-state index is 13.2. The van der Waals surface area contributed by atoms with Crippen LogP contribution in [0.1, 0.15) is 45.2 Å². The number of nitrogens with two attached hydrogens (primary N) is 1. The van der Waals surface area contributed by atoms with Gasteiger partial charge in [-0.3, -0.25) is 14.4 Å². The van der Waals surface area contributed by atoms with E-state index in [1.54, 1.807) is 38.1 Å². The zero-order chi connectivity index (χ0) is 22.7. The summed E-state index contributed by atoms with van der Waals surface area (Å²) in [6, 6.07) is 9.60. The molecule has 1 heterocycles. The second kappa shape index (κ2) is 8.97. The summed E-state index contributed by atoms with van der Waals surface area (Å²) in [7, 11) is 0. The van der Waals surface area contributed by atoms with E-state index in [0.29, 0.717) is 11.4 Å². The largest absolute Gasteiger partial charge is 0.437 e. The summed E-state index contributed by atoms with van der Waals surface area (Å²) in [5.41, 5.74) is 6.09. The number of carbonyl (C=O) groups excluding carboxylic acids is 3. The summed E-state index contributed by atoms with van der Waals surface area (Å²) in [6.45, 7) is 3.57. The van der Waals surface area contributed by atoms with E-state index in [0.717, 1.165) is 18.5 Å². The second-order valence-corrected chi connectivity index (χ2v) is 7.20. The molecule has 3 aromatic rings. The third kappa shape index (κ3) is 4.72. The van der Waals surface area contributed by atoms with Crippen molar-refractivity contribution in [2.45, 2.75) is 19.9 Å². The molecule has 0 spiro atoms. The van der Waals surface area contributed by atoms with E-state index >= 15 is 0 Å². The van der Waals surface area contributed by atoms with Crippen molar-refractivity contribution in [1.82, 2.24) is 4.98 Å². The number of aromatic nitrogens is 1. The van der Waals surface area contributed by atoms with Gasteiger partial charge in [0.05, 0.1) is 10.6 Å². The quantitative estimate of drug-likeness (QED) is 0.598. The maximum Gasteiger partial charge on any atom is 0.287 e. The van der Waals surface area contributed by atoms with Gasteiger partial charge in [-0.1, -0.05) is 11.6 Å². The fourth-order valence-electron chi connectivity index (χ4n) is 2.91. The molecule has 0 aliphatic heterocycles. The Morgan fingerprint density at radius 1 is 1.16 bits per heavy atom.